The Kier molecular flexibility index (Phi) is 5.11. The Morgan fingerprint density at radius 1 is 1.10 bits per heavy atom. The van der Waals surface area contributed by atoms with Gasteiger partial charge in [0.1, 0.15) is 11.6 Å². The molecule has 0 radical (unpaired) electrons. The van der Waals surface area contributed by atoms with E-state index >= 15 is 0 Å². The summed E-state index contributed by atoms with van der Waals surface area (Å²) in [4.78, 5) is 11.6. The van der Waals surface area contributed by atoms with Gasteiger partial charge in [-0.1, -0.05) is 23.7 Å². The summed E-state index contributed by atoms with van der Waals surface area (Å²) in [6, 6.07) is 9.86. The molecule has 21 heavy (non-hydrogen) atoms. The molecule has 6 heteroatoms. The zero-order valence-corrected chi connectivity index (χ0v) is 11.8. The molecule has 2 rings (SSSR count). The maximum Gasteiger partial charge on any atom is 0.239 e. The van der Waals surface area contributed by atoms with Crippen molar-refractivity contribution in [3.63, 3.8) is 0 Å². The molecule has 0 atom stereocenters. The van der Waals surface area contributed by atoms with Crippen molar-refractivity contribution in [1.29, 1.82) is 0 Å². The van der Waals surface area contributed by atoms with Gasteiger partial charge in [0.2, 0.25) is 5.91 Å². The highest BCUT2D eigenvalue weighted by molar-refractivity contribution is 6.30. The Balaban J connectivity index is 1.82. The van der Waals surface area contributed by atoms with E-state index in [4.69, 9.17) is 11.6 Å². The zero-order chi connectivity index (χ0) is 15.2. The van der Waals surface area contributed by atoms with Crippen molar-refractivity contribution in [3.05, 3.63) is 64.7 Å². The van der Waals surface area contributed by atoms with Gasteiger partial charge in [0.05, 0.1) is 12.2 Å². The topological polar surface area (TPSA) is 41.1 Å². The molecule has 0 unspecified atom stereocenters. The number of hydrogen-bond acceptors (Lipinski definition) is 2. The Morgan fingerprint density at radius 2 is 1.81 bits per heavy atom. The second kappa shape index (κ2) is 7.04. The van der Waals surface area contributed by atoms with E-state index in [-0.39, 0.29) is 30.5 Å². The van der Waals surface area contributed by atoms with E-state index in [1.54, 1.807) is 12.1 Å². The molecule has 0 fully saturated rings. The van der Waals surface area contributed by atoms with Crippen LogP contribution in [0.4, 0.5) is 14.5 Å². The van der Waals surface area contributed by atoms with Crippen LogP contribution in [0, 0.1) is 11.6 Å². The second-order valence-corrected chi connectivity index (χ2v) is 4.82. The minimum Gasteiger partial charge on any atom is -0.374 e. The van der Waals surface area contributed by atoms with Crippen molar-refractivity contribution in [2.24, 2.45) is 0 Å². The highest BCUT2D eigenvalue weighted by atomic mass is 35.5. The van der Waals surface area contributed by atoms with E-state index in [0.717, 1.165) is 5.56 Å². The lowest BCUT2D eigenvalue weighted by molar-refractivity contribution is -0.119. The van der Waals surface area contributed by atoms with Gasteiger partial charge in [0.15, 0.2) is 0 Å². The fourth-order valence-corrected chi connectivity index (χ4v) is 1.85. The van der Waals surface area contributed by atoms with Crippen LogP contribution in [0.5, 0.6) is 0 Å². The number of nitrogens with one attached hydrogen (secondary N) is 2. The first-order valence-electron chi connectivity index (χ1n) is 6.24. The lowest BCUT2D eigenvalue weighted by Gasteiger charge is -2.09. The molecule has 110 valence electrons. The van der Waals surface area contributed by atoms with Crippen LogP contribution in [0.3, 0.4) is 0 Å². The van der Waals surface area contributed by atoms with Crippen molar-refractivity contribution < 1.29 is 13.6 Å². The molecule has 1 amide bonds. The van der Waals surface area contributed by atoms with Gasteiger partial charge in [0, 0.05) is 11.6 Å². The molecule has 0 aliphatic carbocycles. The number of rotatable bonds is 5. The molecule has 0 aromatic heterocycles. The van der Waals surface area contributed by atoms with Gasteiger partial charge in [-0.25, -0.2) is 8.78 Å². The number of amides is 1. The summed E-state index contributed by atoms with van der Waals surface area (Å²) in [5.74, 6) is -1.12. The normalized spacial score (nSPS) is 10.2. The van der Waals surface area contributed by atoms with E-state index in [1.807, 2.05) is 0 Å². The first-order chi connectivity index (χ1) is 10.0. The van der Waals surface area contributed by atoms with Crippen molar-refractivity contribution >= 4 is 23.2 Å². The molecule has 0 aliphatic heterocycles. The maximum atomic E-state index is 13.4. The summed E-state index contributed by atoms with van der Waals surface area (Å²) < 4.78 is 26.1. The summed E-state index contributed by atoms with van der Waals surface area (Å²) >= 11 is 5.75. The lowest BCUT2D eigenvalue weighted by Crippen LogP contribution is -2.29. The second-order valence-electron chi connectivity index (χ2n) is 4.38. The number of benzene rings is 2. The van der Waals surface area contributed by atoms with E-state index in [2.05, 4.69) is 10.6 Å². The molecule has 3 nitrogen and oxygen atoms in total. The highest BCUT2D eigenvalue weighted by Gasteiger charge is 2.05. The standard InChI is InChI=1S/C15H13ClF2N2O/c16-11-3-6-13(18)14(7-11)19-9-15(21)20-8-10-1-4-12(17)5-2-10/h1-7,19H,8-9H2,(H,20,21). The van der Waals surface area contributed by atoms with E-state index in [1.165, 1.54) is 30.3 Å². The van der Waals surface area contributed by atoms with Gasteiger partial charge in [0.25, 0.3) is 0 Å². The zero-order valence-electron chi connectivity index (χ0n) is 11.0. The van der Waals surface area contributed by atoms with E-state index < -0.39 is 5.82 Å². The van der Waals surface area contributed by atoms with Crippen LogP contribution in [-0.4, -0.2) is 12.5 Å². The highest BCUT2D eigenvalue weighted by Crippen LogP contribution is 2.19. The van der Waals surface area contributed by atoms with Crippen molar-refractivity contribution in [1.82, 2.24) is 5.32 Å². The molecule has 0 bridgehead atoms. The smallest absolute Gasteiger partial charge is 0.239 e. The van der Waals surface area contributed by atoms with Crippen molar-refractivity contribution in [2.45, 2.75) is 6.54 Å². The van der Waals surface area contributed by atoms with Gasteiger partial charge in [-0.2, -0.15) is 0 Å². The molecule has 2 N–H and O–H groups in total. The Hall–Kier alpha value is -2.14. The number of halogens is 3. The minimum atomic E-state index is -0.481. The third-order valence-electron chi connectivity index (χ3n) is 2.77. The van der Waals surface area contributed by atoms with Crippen LogP contribution in [0.1, 0.15) is 5.56 Å². The number of carbonyl (C=O) groups excluding carboxylic acids is 1. The predicted octanol–water partition coefficient (Wildman–Crippen LogP) is 3.35. The lowest BCUT2D eigenvalue weighted by atomic mass is 10.2. The van der Waals surface area contributed by atoms with E-state index in [0.29, 0.717) is 5.02 Å². The summed E-state index contributed by atoms with van der Waals surface area (Å²) in [6.45, 7) is 0.192. The van der Waals surface area contributed by atoms with Crippen LogP contribution < -0.4 is 10.6 Å². The molecule has 0 saturated heterocycles. The number of anilines is 1. The Morgan fingerprint density at radius 3 is 2.52 bits per heavy atom. The van der Waals surface area contributed by atoms with Gasteiger partial charge >= 0.3 is 0 Å². The summed E-state index contributed by atoms with van der Waals surface area (Å²) in [5.41, 5.74) is 0.943. The molecule has 0 saturated carbocycles. The predicted molar refractivity (Wildman–Crippen MR) is 78.1 cm³/mol. The van der Waals surface area contributed by atoms with Gasteiger partial charge < -0.3 is 10.6 Å². The number of hydrogen-bond donors (Lipinski definition) is 2. The van der Waals surface area contributed by atoms with E-state index in [9.17, 15) is 13.6 Å². The average Bonchev–Trinajstić information content (AvgIpc) is 2.47. The molecule has 2 aromatic carbocycles. The van der Waals surface area contributed by atoms with Crippen LogP contribution in [0.15, 0.2) is 42.5 Å². The minimum absolute atomic E-state index is 0.0849. The molecule has 0 aliphatic rings. The first kappa shape index (κ1) is 15.3. The van der Waals surface area contributed by atoms with Crippen LogP contribution in [0.25, 0.3) is 0 Å². The van der Waals surface area contributed by atoms with Crippen LogP contribution in [-0.2, 0) is 11.3 Å². The third kappa shape index (κ3) is 4.72. The Bertz CT molecular complexity index is 632. The Labute approximate surface area is 125 Å². The van der Waals surface area contributed by atoms with Crippen LogP contribution in [0.2, 0.25) is 5.02 Å². The molecular formula is C15H13ClF2N2O. The fraction of sp³-hybridized carbons (Fsp3) is 0.133. The van der Waals surface area contributed by atoms with Crippen LogP contribution >= 0.6 is 11.6 Å². The third-order valence-corrected chi connectivity index (χ3v) is 3.01. The van der Waals surface area contributed by atoms with Gasteiger partial charge in [-0.05, 0) is 35.9 Å². The number of carbonyl (C=O) groups is 1. The van der Waals surface area contributed by atoms with Crippen molar-refractivity contribution in [2.75, 3.05) is 11.9 Å². The molecular weight excluding hydrogens is 298 g/mol. The fourth-order valence-electron chi connectivity index (χ4n) is 1.67. The summed E-state index contributed by atoms with van der Waals surface area (Å²) in [6.07, 6.45) is 0. The molecule has 0 spiro atoms. The summed E-state index contributed by atoms with van der Waals surface area (Å²) in [7, 11) is 0. The van der Waals surface area contributed by atoms with Gasteiger partial charge in [-0.15, -0.1) is 0 Å². The maximum absolute atomic E-state index is 13.4. The first-order valence-corrected chi connectivity index (χ1v) is 6.62. The largest absolute Gasteiger partial charge is 0.374 e. The molecule has 2 aromatic rings. The van der Waals surface area contributed by atoms with Gasteiger partial charge in [-0.3, -0.25) is 4.79 Å². The average molecular weight is 311 g/mol. The summed E-state index contributed by atoms with van der Waals surface area (Å²) in [5, 5.41) is 5.69. The van der Waals surface area contributed by atoms with Crippen molar-refractivity contribution in [3.8, 4) is 0 Å². The molecule has 0 heterocycles. The monoisotopic (exact) mass is 310 g/mol. The quantitative estimate of drug-likeness (QED) is 0.889. The SMILES string of the molecule is O=C(CNc1cc(Cl)ccc1F)NCc1ccc(F)cc1.